The number of aliphatic imine (C=N–C) groups is 1. The van der Waals surface area contributed by atoms with Gasteiger partial charge in [0.1, 0.15) is 0 Å². The molecule has 0 radical (unpaired) electrons. The number of guanidine groups is 1. The molecular formula is C17H34IN5O. The fourth-order valence-corrected chi connectivity index (χ4v) is 2.28. The molecule has 0 bridgehead atoms. The van der Waals surface area contributed by atoms with Crippen molar-refractivity contribution in [1.29, 1.82) is 0 Å². The summed E-state index contributed by atoms with van der Waals surface area (Å²) in [5.41, 5.74) is 0. The standard InChI is InChI=1S/C17H33N5O.HI/c1-5-18-17(19-12-9-7-6-8-10-14(2)3)20-13-11-16-21-15(4)22-23-16;/h14H,5-13H2,1-4H3,(H2,18,19,20);1H. The Balaban J connectivity index is 0.00000529. The Morgan fingerprint density at radius 2 is 1.92 bits per heavy atom. The third-order valence-electron chi connectivity index (χ3n) is 3.50. The topological polar surface area (TPSA) is 75.3 Å². The highest BCUT2D eigenvalue weighted by molar-refractivity contribution is 14.0. The maximum atomic E-state index is 5.10. The third kappa shape index (κ3) is 11.6. The molecule has 1 aromatic heterocycles. The summed E-state index contributed by atoms with van der Waals surface area (Å²) >= 11 is 0. The average Bonchev–Trinajstić information content (AvgIpc) is 2.91. The first-order valence-electron chi connectivity index (χ1n) is 8.93. The zero-order valence-electron chi connectivity index (χ0n) is 15.6. The first-order chi connectivity index (χ1) is 11.1. The lowest BCUT2D eigenvalue weighted by Crippen LogP contribution is -2.38. The second-order valence-electron chi connectivity index (χ2n) is 6.27. The van der Waals surface area contributed by atoms with Crippen LogP contribution in [-0.4, -0.2) is 35.7 Å². The Kier molecular flexibility index (Phi) is 14.0. The Morgan fingerprint density at radius 3 is 2.54 bits per heavy atom. The Labute approximate surface area is 163 Å². The van der Waals surface area contributed by atoms with E-state index in [1.807, 2.05) is 6.92 Å². The summed E-state index contributed by atoms with van der Waals surface area (Å²) in [6.07, 6.45) is 7.11. The van der Waals surface area contributed by atoms with Crippen molar-refractivity contribution in [2.24, 2.45) is 10.9 Å². The van der Waals surface area contributed by atoms with Gasteiger partial charge in [0.2, 0.25) is 5.89 Å². The van der Waals surface area contributed by atoms with Crippen LogP contribution in [-0.2, 0) is 6.42 Å². The van der Waals surface area contributed by atoms with Crippen LogP contribution in [0.2, 0.25) is 0 Å². The highest BCUT2D eigenvalue weighted by atomic mass is 127. The van der Waals surface area contributed by atoms with Crippen molar-refractivity contribution >= 4 is 29.9 Å². The van der Waals surface area contributed by atoms with Crippen LogP contribution in [0.5, 0.6) is 0 Å². The monoisotopic (exact) mass is 451 g/mol. The van der Waals surface area contributed by atoms with Gasteiger partial charge in [-0.05, 0) is 26.2 Å². The fraction of sp³-hybridized carbons (Fsp3) is 0.824. The van der Waals surface area contributed by atoms with E-state index in [1.165, 1.54) is 25.7 Å². The van der Waals surface area contributed by atoms with Gasteiger partial charge >= 0.3 is 0 Å². The van der Waals surface area contributed by atoms with Crippen LogP contribution in [0.15, 0.2) is 9.52 Å². The molecule has 0 aliphatic heterocycles. The number of unbranched alkanes of at least 4 members (excludes halogenated alkanes) is 3. The van der Waals surface area contributed by atoms with E-state index < -0.39 is 0 Å². The van der Waals surface area contributed by atoms with E-state index in [1.54, 1.807) is 0 Å². The van der Waals surface area contributed by atoms with Crippen molar-refractivity contribution in [3.63, 3.8) is 0 Å². The lowest BCUT2D eigenvalue weighted by Gasteiger charge is -2.10. The summed E-state index contributed by atoms with van der Waals surface area (Å²) in [6.45, 7) is 10.9. The number of hydrogen-bond donors (Lipinski definition) is 2. The summed E-state index contributed by atoms with van der Waals surface area (Å²) < 4.78 is 5.10. The molecule has 0 atom stereocenters. The molecule has 0 aromatic carbocycles. The molecule has 1 rings (SSSR count). The summed E-state index contributed by atoms with van der Waals surface area (Å²) in [4.78, 5) is 8.80. The van der Waals surface area contributed by atoms with Crippen LogP contribution in [0.3, 0.4) is 0 Å². The quantitative estimate of drug-likeness (QED) is 0.232. The molecule has 0 spiro atoms. The van der Waals surface area contributed by atoms with Crippen LogP contribution in [0.1, 0.15) is 64.6 Å². The van der Waals surface area contributed by atoms with E-state index in [0.717, 1.165) is 37.9 Å². The predicted octanol–water partition coefficient (Wildman–Crippen LogP) is 3.70. The first kappa shape index (κ1) is 23.1. The number of rotatable bonds is 11. The lowest BCUT2D eigenvalue weighted by atomic mass is 10.0. The number of nitrogens with one attached hydrogen (secondary N) is 2. The van der Waals surface area contributed by atoms with Gasteiger partial charge in [0, 0.05) is 26.1 Å². The molecular weight excluding hydrogens is 417 g/mol. The molecule has 0 saturated carbocycles. The predicted molar refractivity (Wildman–Crippen MR) is 110 cm³/mol. The zero-order valence-corrected chi connectivity index (χ0v) is 17.9. The van der Waals surface area contributed by atoms with Gasteiger partial charge in [-0.25, -0.2) is 0 Å². The highest BCUT2D eigenvalue weighted by Crippen LogP contribution is 2.09. The van der Waals surface area contributed by atoms with Crippen LogP contribution in [0, 0.1) is 12.8 Å². The van der Waals surface area contributed by atoms with Crippen molar-refractivity contribution in [1.82, 2.24) is 20.8 Å². The maximum absolute atomic E-state index is 5.10. The van der Waals surface area contributed by atoms with E-state index in [0.29, 0.717) is 18.1 Å². The molecule has 7 heteroatoms. The van der Waals surface area contributed by atoms with E-state index >= 15 is 0 Å². The van der Waals surface area contributed by atoms with E-state index in [4.69, 9.17) is 4.52 Å². The summed E-state index contributed by atoms with van der Waals surface area (Å²) in [7, 11) is 0. The normalized spacial score (nSPS) is 11.5. The number of aromatic nitrogens is 2. The van der Waals surface area contributed by atoms with Gasteiger partial charge in [-0.3, -0.25) is 4.99 Å². The molecule has 0 aliphatic rings. The molecule has 1 aromatic rings. The second kappa shape index (κ2) is 14.5. The Bertz CT molecular complexity index is 448. The van der Waals surface area contributed by atoms with E-state index in [2.05, 4.69) is 46.5 Å². The van der Waals surface area contributed by atoms with Gasteiger partial charge in [0.25, 0.3) is 0 Å². The average molecular weight is 451 g/mol. The highest BCUT2D eigenvalue weighted by Gasteiger charge is 2.03. The van der Waals surface area contributed by atoms with Crippen molar-refractivity contribution in [3.8, 4) is 0 Å². The molecule has 24 heavy (non-hydrogen) atoms. The largest absolute Gasteiger partial charge is 0.357 e. The minimum atomic E-state index is 0. The number of halogens is 1. The van der Waals surface area contributed by atoms with Gasteiger partial charge in [0.15, 0.2) is 11.8 Å². The minimum Gasteiger partial charge on any atom is -0.357 e. The second-order valence-corrected chi connectivity index (χ2v) is 6.27. The summed E-state index contributed by atoms with van der Waals surface area (Å²) in [5, 5.41) is 10.4. The summed E-state index contributed by atoms with van der Waals surface area (Å²) in [5.74, 6) is 3.03. The van der Waals surface area contributed by atoms with E-state index in [9.17, 15) is 0 Å². The van der Waals surface area contributed by atoms with Gasteiger partial charge in [-0.1, -0.05) is 44.7 Å². The molecule has 6 nitrogen and oxygen atoms in total. The van der Waals surface area contributed by atoms with Gasteiger partial charge in [-0.2, -0.15) is 4.98 Å². The van der Waals surface area contributed by atoms with Crippen LogP contribution in [0.4, 0.5) is 0 Å². The molecule has 0 unspecified atom stereocenters. The number of nitrogens with zero attached hydrogens (tertiary/aromatic N) is 3. The third-order valence-corrected chi connectivity index (χ3v) is 3.50. The Morgan fingerprint density at radius 1 is 1.17 bits per heavy atom. The van der Waals surface area contributed by atoms with Gasteiger partial charge in [-0.15, -0.1) is 24.0 Å². The molecule has 0 fully saturated rings. The smallest absolute Gasteiger partial charge is 0.228 e. The summed E-state index contributed by atoms with van der Waals surface area (Å²) in [6, 6.07) is 0. The number of aryl methyl sites for hydroxylation is 1. The number of hydrogen-bond acceptors (Lipinski definition) is 4. The molecule has 0 aliphatic carbocycles. The maximum Gasteiger partial charge on any atom is 0.228 e. The van der Waals surface area contributed by atoms with Gasteiger partial charge < -0.3 is 15.2 Å². The van der Waals surface area contributed by atoms with Crippen molar-refractivity contribution < 1.29 is 4.52 Å². The Hall–Kier alpha value is -0.860. The SMILES string of the molecule is CCNC(=NCCCCCCC(C)C)NCCc1nc(C)no1.I. The van der Waals surface area contributed by atoms with E-state index in [-0.39, 0.29) is 24.0 Å². The van der Waals surface area contributed by atoms with Crippen LogP contribution < -0.4 is 10.6 Å². The lowest BCUT2D eigenvalue weighted by molar-refractivity contribution is 0.374. The first-order valence-corrected chi connectivity index (χ1v) is 8.93. The molecule has 2 N–H and O–H groups in total. The van der Waals surface area contributed by atoms with Crippen molar-refractivity contribution in [2.45, 2.75) is 66.2 Å². The molecule has 0 amide bonds. The zero-order chi connectivity index (χ0) is 16.9. The minimum absolute atomic E-state index is 0. The molecule has 0 saturated heterocycles. The molecule has 1 heterocycles. The van der Waals surface area contributed by atoms with Crippen molar-refractivity contribution in [3.05, 3.63) is 11.7 Å². The van der Waals surface area contributed by atoms with Crippen LogP contribution in [0.25, 0.3) is 0 Å². The fourth-order valence-electron chi connectivity index (χ4n) is 2.28. The molecule has 140 valence electrons. The van der Waals surface area contributed by atoms with Gasteiger partial charge in [0.05, 0.1) is 0 Å². The van der Waals surface area contributed by atoms with Crippen molar-refractivity contribution in [2.75, 3.05) is 19.6 Å². The van der Waals surface area contributed by atoms with Crippen LogP contribution >= 0.6 is 24.0 Å².